The van der Waals surface area contributed by atoms with E-state index in [0.29, 0.717) is 17.9 Å². The van der Waals surface area contributed by atoms with Gasteiger partial charge in [0.05, 0.1) is 18.2 Å². The number of carbonyl (C=O) groups is 1. The Hall–Kier alpha value is -2.28. The Balaban J connectivity index is 1.74. The van der Waals surface area contributed by atoms with Crippen LogP contribution in [-0.4, -0.2) is 34.9 Å². The third-order valence-corrected chi connectivity index (χ3v) is 4.47. The molecule has 0 spiro atoms. The summed E-state index contributed by atoms with van der Waals surface area (Å²) in [6.07, 6.45) is 2.23. The highest BCUT2D eigenvalue weighted by molar-refractivity contribution is 5.79. The van der Waals surface area contributed by atoms with Crippen LogP contribution < -0.4 is 5.32 Å². The number of hydrogen-bond acceptors (Lipinski definition) is 3. The van der Waals surface area contributed by atoms with Gasteiger partial charge in [0.15, 0.2) is 5.82 Å². The maximum atomic E-state index is 14.0. The van der Waals surface area contributed by atoms with Crippen LogP contribution in [0.15, 0.2) is 18.2 Å². The second-order valence-corrected chi connectivity index (χ2v) is 6.27. The summed E-state index contributed by atoms with van der Waals surface area (Å²) in [5.41, 5.74) is 2.21. The van der Waals surface area contributed by atoms with E-state index < -0.39 is 11.6 Å². The fraction of sp³-hybridized carbons (Fsp3) is 0.444. The van der Waals surface area contributed by atoms with Crippen LogP contribution in [0.3, 0.4) is 0 Å². The number of aryl methyl sites for hydroxylation is 1. The van der Waals surface area contributed by atoms with E-state index in [4.69, 9.17) is 4.74 Å². The summed E-state index contributed by atoms with van der Waals surface area (Å²) in [6.45, 7) is 4.78. The van der Waals surface area contributed by atoms with Crippen LogP contribution in [0, 0.1) is 25.5 Å². The van der Waals surface area contributed by atoms with Gasteiger partial charge in [0.1, 0.15) is 11.5 Å². The van der Waals surface area contributed by atoms with Gasteiger partial charge in [-0.25, -0.2) is 13.5 Å². The van der Waals surface area contributed by atoms with E-state index in [1.807, 2.05) is 0 Å². The average molecular weight is 349 g/mol. The normalized spacial score (nSPS) is 17.0. The minimum atomic E-state index is -0.694. The Morgan fingerprint density at radius 3 is 2.88 bits per heavy atom. The lowest BCUT2D eigenvalue weighted by atomic mass is 10.1. The van der Waals surface area contributed by atoms with E-state index in [9.17, 15) is 13.6 Å². The third kappa shape index (κ3) is 3.87. The summed E-state index contributed by atoms with van der Waals surface area (Å²) in [7, 11) is 0. The van der Waals surface area contributed by atoms with E-state index in [1.54, 1.807) is 13.8 Å². The molecule has 3 rings (SSSR count). The Morgan fingerprint density at radius 2 is 2.20 bits per heavy atom. The number of amides is 1. The van der Waals surface area contributed by atoms with Crippen LogP contribution in [-0.2, 0) is 16.0 Å². The first kappa shape index (κ1) is 17.5. The highest BCUT2D eigenvalue weighted by Crippen LogP contribution is 2.21. The molecule has 5 nitrogen and oxygen atoms in total. The fourth-order valence-electron chi connectivity index (χ4n) is 3.07. The largest absolute Gasteiger partial charge is 0.376 e. The molecule has 1 aliphatic rings. The molecule has 1 fully saturated rings. The first-order valence-corrected chi connectivity index (χ1v) is 8.34. The number of hydrogen-bond donors (Lipinski definition) is 1. The maximum Gasteiger partial charge on any atom is 0.224 e. The van der Waals surface area contributed by atoms with Gasteiger partial charge in [-0.2, -0.15) is 5.10 Å². The van der Waals surface area contributed by atoms with Crippen molar-refractivity contribution in [2.75, 3.05) is 13.2 Å². The molecular formula is C18H21F2N3O2. The van der Waals surface area contributed by atoms with Crippen LogP contribution in [0.4, 0.5) is 8.78 Å². The first-order chi connectivity index (χ1) is 12.0. The molecule has 1 saturated heterocycles. The summed E-state index contributed by atoms with van der Waals surface area (Å²) in [5, 5.41) is 7.18. The molecule has 134 valence electrons. The number of ether oxygens (including phenoxy) is 1. The summed E-state index contributed by atoms with van der Waals surface area (Å²) < 4.78 is 34.0. The van der Waals surface area contributed by atoms with E-state index >= 15 is 0 Å². The van der Waals surface area contributed by atoms with Crippen molar-refractivity contribution >= 4 is 5.91 Å². The Morgan fingerprint density at radius 1 is 1.40 bits per heavy atom. The predicted molar refractivity (Wildman–Crippen MR) is 88.6 cm³/mol. The van der Waals surface area contributed by atoms with Gasteiger partial charge >= 0.3 is 0 Å². The van der Waals surface area contributed by atoms with Crippen LogP contribution in [0.1, 0.15) is 29.8 Å². The van der Waals surface area contributed by atoms with Crippen molar-refractivity contribution in [3.8, 4) is 5.69 Å². The van der Waals surface area contributed by atoms with E-state index in [0.717, 1.165) is 31.1 Å². The molecule has 0 saturated carbocycles. The fourth-order valence-corrected chi connectivity index (χ4v) is 3.07. The molecule has 2 heterocycles. The minimum absolute atomic E-state index is 0.0854. The van der Waals surface area contributed by atoms with Crippen LogP contribution in [0.25, 0.3) is 5.69 Å². The number of rotatable bonds is 5. The molecule has 7 heteroatoms. The van der Waals surface area contributed by atoms with Gasteiger partial charge in [0.25, 0.3) is 0 Å². The van der Waals surface area contributed by atoms with Crippen molar-refractivity contribution in [1.29, 1.82) is 0 Å². The molecule has 2 aromatic rings. The second kappa shape index (κ2) is 7.31. The molecule has 0 radical (unpaired) electrons. The number of aromatic nitrogens is 2. The van der Waals surface area contributed by atoms with Crippen LogP contribution in [0.2, 0.25) is 0 Å². The Bertz CT molecular complexity index is 783. The lowest BCUT2D eigenvalue weighted by Crippen LogP contribution is -2.33. The van der Waals surface area contributed by atoms with Gasteiger partial charge in [-0.05, 0) is 38.8 Å². The molecule has 1 aliphatic heterocycles. The van der Waals surface area contributed by atoms with Gasteiger partial charge < -0.3 is 10.1 Å². The molecule has 1 atom stereocenters. The summed E-state index contributed by atoms with van der Waals surface area (Å²) >= 11 is 0. The second-order valence-electron chi connectivity index (χ2n) is 6.27. The lowest BCUT2D eigenvalue weighted by molar-refractivity contribution is -0.120. The monoisotopic (exact) mass is 349 g/mol. The first-order valence-electron chi connectivity index (χ1n) is 8.34. The molecule has 25 heavy (non-hydrogen) atoms. The molecule has 1 aromatic carbocycles. The quantitative estimate of drug-likeness (QED) is 0.903. The SMILES string of the molecule is Cc1nn(-c2ccc(F)cc2F)c(C)c1CC(=O)NCC1CCCO1. The van der Waals surface area contributed by atoms with Crippen molar-refractivity contribution in [3.63, 3.8) is 0 Å². The Labute approximate surface area is 145 Å². The predicted octanol–water partition coefficient (Wildman–Crippen LogP) is 2.61. The van der Waals surface area contributed by atoms with Crippen molar-refractivity contribution in [3.05, 3.63) is 46.8 Å². The highest BCUT2D eigenvalue weighted by atomic mass is 19.1. The topological polar surface area (TPSA) is 56.2 Å². The number of nitrogens with one attached hydrogen (secondary N) is 1. The van der Waals surface area contributed by atoms with Crippen molar-refractivity contribution in [1.82, 2.24) is 15.1 Å². The highest BCUT2D eigenvalue weighted by Gasteiger charge is 2.20. The molecule has 1 unspecified atom stereocenters. The molecule has 1 amide bonds. The maximum absolute atomic E-state index is 14.0. The zero-order valence-electron chi connectivity index (χ0n) is 14.3. The van der Waals surface area contributed by atoms with E-state index in [1.165, 1.54) is 16.8 Å². The van der Waals surface area contributed by atoms with Crippen LogP contribution >= 0.6 is 0 Å². The number of carbonyl (C=O) groups excluding carboxylic acids is 1. The van der Waals surface area contributed by atoms with Gasteiger partial charge in [-0.1, -0.05) is 0 Å². The van der Waals surface area contributed by atoms with Crippen molar-refractivity contribution < 1.29 is 18.3 Å². The smallest absolute Gasteiger partial charge is 0.224 e. The van der Waals surface area contributed by atoms with Gasteiger partial charge in [0, 0.05) is 30.5 Å². The van der Waals surface area contributed by atoms with Crippen molar-refractivity contribution in [2.24, 2.45) is 0 Å². The van der Waals surface area contributed by atoms with Gasteiger partial charge in [-0.3, -0.25) is 4.79 Å². The number of benzene rings is 1. The van der Waals surface area contributed by atoms with Gasteiger partial charge in [-0.15, -0.1) is 0 Å². The minimum Gasteiger partial charge on any atom is -0.376 e. The standard InChI is InChI=1S/C18H21F2N3O2/c1-11-15(9-18(24)21-10-14-4-3-7-25-14)12(2)23(22-11)17-6-5-13(19)8-16(17)20/h5-6,8,14H,3-4,7,9-10H2,1-2H3,(H,21,24). The summed E-state index contributed by atoms with van der Waals surface area (Å²) in [6, 6.07) is 3.34. The summed E-state index contributed by atoms with van der Waals surface area (Å²) in [4.78, 5) is 12.2. The molecule has 1 aromatic heterocycles. The lowest BCUT2D eigenvalue weighted by Gasteiger charge is -2.11. The molecule has 1 N–H and O–H groups in total. The number of halogens is 2. The van der Waals surface area contributed by atoms with Crippen molar-refractivity contribution in [2.45, 2.75) is 39.2 Å². The molecule has 0 bridgehead atoms. The number of nitrogens with zero attached hydrogens (tertiary/aromatic N) is 2. The zero-order chi connectivity index (χ0) is 18.0. The molecule has 0 aliphatic carbocycles. The average Bonchev–Trinajstić information content (AvgIpc) is 3.17. The Kier molecular flexibility index (Phi) is 5.13. The zero-order valence-corrected chi connectivity index (χ0v) is 14.3. The summed E-state index contributed by atoms with van der Waals surface area (Å²) in [5.74, 6) is -1.46. The van der Waals surface area contributed by atoms with Crippen LogP contribution in [0.5, 0.6) is 0 Å². The molecular weight excluding hydrogens is 328 g/mol. The van der Waals surface area contributed by atoms with Gasteiger partial charge in [0.2, 0.25) is 5.91 Å². The van der Waals surface area contributed by atoms with E-state index in [-0.39, 0.29) is 24.1 Å². The van der Waals surface area contributed by atoms with E-state index in [2.05, 4.69) is 10.4 Å². The third-order valence-electron chi connectivity index (χ3n) is 4.47.